The summed E-state index contributed by atoms with van der Waals surface area (Å²) in [6.07, 6.45) is 7.45. The standard InChI is InChI=1S/C35H31N7O/c1-21-14-17-42-32(18-21)41-33(27-13-15-37-20-22(27)2)34(42)29-9-11-31(40-35(43)24(4)36-5)39-30(29)10-7-25-6-8-28-23(3)38-16-12-26(28)19-25/h6,8-9,11-20,24,36H,1-5H3,(H,39,40,43)/t24-/m0/s1. The molecule has 0 fully saturated rings. The van der Waals surface area contributed by atoms with Crippen molar-refractivity contribution in [3.8, 4) is 34.4 Å². The van der Waals surface area contributed by atoms with Crippen molar-refractivity contribution in [2.24, 2.45) is 0 Å². The first kappa shape index (κ1) is 27.8. The third kappa shape index (κ3) is 5.46. The zero-order valence-electron chi connectivity index (χ0n) is 24.7. The Kier molecular flexibility index (Phi) is 7.41. The summed E-state index contributed by atoms with van der Waals surface area (Å²) in [5, 5.41) is 8.04. The summed E-state index contributed by atoms with van der Waals surface area (Å²) in [5.41, 5.74) is 8.74. The van der Waals surface area contributed by atoms with E-state index >= 15 is 0 Å². The van der Waals surface area contributed by atoms with Crippen molar-refractivity contribution in [2.75, 3.05) is 12.4 Å². The highest BCUT2D eigenvalue weighted by Gasteiger charge is 2.21. The molecule has 0 radical (unpaired) electrons. The lowest BCUT2D eigenvalue weighted by molar-refractivity contribution is -0.117. The number of carbonyl (C=O) groups excluding carboxylic acids is 1. The first-order chi connectivity index (χ1) is 20.8. The maximum absolute atomic E-state index is 12.7. The fourth-order valence-electron chi connectivity index (χ4n) is 5.05. The van der Waals surface area contributed by atoms with Gasteiger partial charge in [0, 0.05) is 52.6 Å². The topological polar surface area (TPSA) is 97.1 Å². The molecule has 212 valence electrons. The number of imidazole rings is 1. The fourth-order valence-corrected chi connectivity index (χ4v) is 5.05. The normalized spacial score (nSPS) is 11.7. The molecule has 0 bridgehead atoms. The third-order valence-corrected chi connectivity index (χ3v) is 7.57. The maximum atomic E-state index is 12.7. The number of anilines is 1. The van der Waals surface area contributed by atoms with Gasteiger partial charge in [-0.2, -0.15) is 0 Å². The van der Waals surface area contributed by atoms with Crippen molar-refractivity contribution in [3.63, 3.8) is 0 Å². The van der Waals surface area contributed by atoms with Crippen molar-refractivity contribution in [3.05, 3.63) is 107 Å². The molecule has 0 spiro atoms. The molecule has 1 amide bonds. The van der Waals surface area contributed by atoms with Gasteiger partial charge in [-0.3, -0.25) is 19.2 Å². The van der Waals surface area contributed by atoms with Gasteiger partial charge in [-0.05, 0) is 106 Å². The third-order valence-electron chi connectivity index (χ3n) is 7.57. The largest absolute Gasteiger partial charge is 0.309 e. The number of hydrogen-bond acceptors (Lipinski definition) is 6. The smallest absolute Gasteiger partial charge is 0.242 e. The summed E-state index contributed by atoms with van der Waals surface area (Å²) in [6, 6.07) is 17.6. The van der Waals surface area contributed by atoms with E-state index in [0.717, 1.165) is 61.3 Å². The highest BCUT2D eigenvalue weighted by Crippen LogP contribution is 2.36. The Balaban J connectivity index is 1.56. The Labute approximate surface area is 250 Å². The SMILES string of the molecule is CN[C@@H](C)C(=O)Nc1ccc(-c2c(-c3ccncc3C)nc3cc(C)ccn23)c(C#Cc2ccc3c(C)nccc3c2)n1. The van der Waals surface area contributed by atoms with Gasteiger partial charge >= 0.3 is 0 Å². The average molecular weight is 566 g/mol. The lowest BCUT2D eigenvalue weighted by Gasteiger charge is -2.13. The second kappa shape index (κ2) is 11.5. The van der Waals surface area contributed by atoms with Crippen LogP contribution in [0.2, 0.25) is 0 Å². The minimum absolute atomic E-state index is 0.182. The van der Waals surface area contributed by atoms with E-state index in [9.17, 15) is 4.79 Å². The molecule has 43 heavy (non-hydrogen) atoms. The van der Waals surface area contributed by atoms with E-state index in [2.05, 4.69) is 62.0 Å². The number of carbonyl (C=O) groups is 1. The fraction of sp³-hybridized carbons (Fsp3) is 0.171. The lowest BCUT2D eigenvalue weighted by atomic mass is 10.0. The molecule has 0 saturated carbocycles. The van der Waals surface area contributed by atoms with Gasteiger partial charge in [0.15, 0.2) is 0 Å². The molecule has 6 aromatic rings. The Bertz CT molecular complexity index is 2080. The molecular formula is C35H31N7O. The molecule has 0 aliphatic carbocycles. The number of rotatable bonds is 5. The van der Waals surface area contributed by atoms with Gasteiger partial charge in [-0.1, -0.05) is 12.0 Å². The molecule has 8 heteroatoms. The zero-order chi connectivity index (χ0) is 30.1. The van der Waals surface area contributed by atoms with E-state index in [0.29, 0.717) is 11.5 Å². The van der Waals surface area contributed by atoms with Crippen molar-refractivity contribution in [1.29, 1.82) is 0 Å². The minimum Gasteiger partial charge on any atom is -0.309 e. The Morgan fingerprint density at radius 3 is 2.60 bits per heavy atom. The van der Waals surface area contributed by atoms with E-state index in [1.807, 2.05) is 68.8 Å². The molecule has 0 aliphatic rings. The predicted octanol–water partition coefficient (Wildman–Crippen LogP) is 5.88. The second-order valence-electron chi connectivity index (χ2n) is 10.6. The maximum Gasteiger partial charge on any atom is 0.242 e. The molecule has 5 heterocycles. The average Bonchev–Trinajstić information content (AvgIpc) is 3.37. The minimum atomic E-state index is -0.380. The van der Waals surface area contributed by atoms with E-state index < -0.39 is 0 Å². The second-order valence-corrected chi connectivity index (χ2v) is 10.6. The van der Waals surface area contributed by atoms with Crippen LogP contribution in [0.4, 0.5) is 5.82 Å². The van der Waals surface area contributed by atoms with Crippen LogP contribution in [-0.4, -0.2) is 43.3 Å². The summed E-state index contributed by atoms with van der Waals surface area (Å²) in [5.74, 6) is 6.89. The molecule has 2 N–H and O–H groups in total. The zero-order valence-corrected chi connectivity index (χ0v) is 24.7. The molecule has 8 nitrogen and oxygen atoms in total. The lowest BCUT2D eigenvalue weighted by Crippen LogP contribution is -2.35. The number of hydrogen-bond donors (Lipinski definition) is 2. The number of nitrogens with zero attached hydrogens (tertiary/aromatic N) is 5. The Morgan fingerprint density at radius 1 is 0.930 bits per heavy atom. The summed E-state index contributed by atoms with van der Waals surface area (Å²) >= 11 is 0. The van der Waals surface area contributed by atoms with Crippen molar-refractivity contribution in [1.82, 2.24) is 29.7 Å². The van der Waals surface area contributed by atoms with E-state index in [1.54, 1.807) is 20.2 Å². The van der Waals surface area contributed by atoms with Gasteiger partial charge in [-0.15, -0.1) is 0 Å². The quantitative estimate of drug-likeness (QED) is 0.254. The first-order valence-corrected chi connectivity index (χ1v) is 14.1. The van der Waals surface area contributed by atoms with Gasteiger partial charge < -0.3 is 10.6 Å². The van der Waals surface area contributed by atoms with Gasteiger partial charge in [0.05, 0.1) is 17.4 Å². The Hall–Kier alpha value is -5.39. The van der Waals surface area contributed by atoms with E-state index in [-0.39, 0.29) is 11.9 Å². The molecule has 6 rings (SSSR count). The van der Waals surface area contributed by atoms with Crippen molar-refractivity contribution >= 4 is 28.1 Å². The van der Waals surface area contributed by atoms with Gasteiger partial charge in [0.2, 0.25) is 5.91 Å². The first-order valence-electron chi connectivity index (χ1n) is 14.1. The van der Waals surface area contributed by atoms with Crippen LogP contribution < -0.4 is 10.6 Å². The molecular weight excluding hydrogens is 534 g/mol. The highest BCUT2D eigenvalue weighted by molar-refractivity contribution is 5.94. The van der Waals surface area contributed by atoms with E-state index in [4.69, 9.17) is 9.97 Å². The summed E-state index contributed by atoms with van der Waals surface area (Å²) < 4.78 is 2.07. The summed E-state index contributed by atoms with van der Waals surface area (Å²) in [7, 11) is 1.74. The molecule has 1 aromatic carbocycles. The molecule has 1 atom stereocenters. The van der Waals surface area contributed by atoms with Crippen LogP contribution >= 0.6 is 0 Å². The number of amides is 1. The molecule has 5 aromatic heterocycles. The van der Waals surface area contributed by atoms with Crippen LogP contribution in [0, 0.1) is 32.6 Å². The van der Waals surface area contributed by atoms with Crippen molar-refractivity contribution < 1.29 is 4.79 Å². The number of benzene rings is 1. The van der Waals surface area contributed by atoms with Gasteiger partial charge in [-0.25, -0.2) is 9.97 Å². The monoisotopic (exact) mass is 565 g/mol. The van der Waals surface area contributed by atoms with Gasteiger partial charge in [0.1, 0.15) is 17.2 Å². The van der Waals surface area contributed by atoms with Gasteiger partial charge in [0.25, 0.3) is 0 Å². The van der Waals surface area contributed by atoms with E-state index in [1.165, 1.54) is 0 Å². The molecule has 0 unspecified atom stereocenters. The number of likely N-dealkylation sites (N-methyl/N-ethyl adjacent to an activating group) is 1. The number of aryl methyl sites for hydroxylation is 3. The van der Waals surface area contributed by atoms with Crippen LogP contribution in [0.5, 0.6) is 0 Å². The Morgan fingerprint density at radius 2 is 1.79 bits per heavy atom. The van der Waals surface area contributed by atoms with Crippen LogP contribution in [0.1, 0.15) is 35.0 Å². The highest BCUT2D eigenvalue weighted by atomic mass is 16.2. The predicted molar refractivity (Wildman–Crippen MR) is 171 cm³/mol. The van der Waals surface area contributed by atoms with Crippen LogP contribution in [0.25, 0.3) is 38.9 Å². The summed E-state index contributed by atoms with van der Waals surface area (Å²) in [4.78, 5) is 31.3. The number of pyridine rings is 4. The summed E-state index contributed by atoms with van der Waals surface area (Å²) in [6.45, 7) is 7.87. The van der Waals surface area contributed by atoms with Crippen molar-refractivity contribution in [2.45, 2.75) is 33.7 Å². The molecule has 0 aliphatic heterocycles. The molecule has 0 saturated heterocycles. The van der Waals surface area contributed by atoms with Crippen LogP contribution in [0.3, 0.4) is 0 Å². The number of aromatic nitrogens is 5. The number of nitrogens with one attached hydrogen (secondary N) is 2. The van der Waals surface area contributed by atoms with Crippen LogP contribution in [-0.2, 0) is 4.79 Å². The number of fused-ring (bicyclic) bond motifs is 2. The van der Waals surface area contributed by atoms with Crippen LogP contribution in [0.15, 0.2) is 79.4 Å².